The maximum absolute atomic E-state index is 11.8. The van der Waals surface area contributed by atoms with Crippen LogP contribution in [0.15, 0.2) is 65.1 Å². The number of urea groups is 1. The van der Waals surface area contributed by atoms with E-state index in [0.717, 1.165) is 62.4 Å². The number of ether oxygens (including phenoxy) is 1. The summed E-state index contributed by atoms with van der Waals surface area (Å²) < 4.78 is 4.87. The molecule has 3 N–H and O–H groups in total. The van der Waals surface area contributed by atoms with E-state index in [1.165, 1.54) is 0 Å². The summed E-state index contributed by atoms with van der Waals surface area (Å²) in [4.78, 5) is 40.5. The first-order valence-electron chi connectivity index (χ1n) is 13.5. The van der Waals surface area contributed by atoms with Gasteiger partial charge in [-0.1, -0.05) is 36.1 Å². The molecule has 11 heteroatoms. The molecule has 0 saturated carbocycles. The van der Waals surface area contributed by atoms with Crippen molar-refractivity contribution in [2.24, 2.45) is 5.16 Å². The number of methoxy groups -OCH3 is 1. The van der Waals surface area contributed by atoms with Crippen LogP contribution < -0.4 is 10.6 Å². The normalized spacial score (nSPS) is 20.0. The number of benzene rings is 1. The zero-order valence-electron chi connectivity index (χ0n) is 24.0. The number of allylic oxidation sites excluding steroid dienone is 2. The number of carbonyl (C=O) groups is 3. The summed E-state index contributed by atoms with van der Waals surface area (Å²) >= 11 is 0. The first kappa shape index (κ1) is 31.0. The second-order valence-electron chi connectivity index (χ2n) is 9.54. The highest BCUT2D eigenvalue weighted by Gasteiger charge is 2.27. The van der Waals surface area contributed by atoms with E-state index in [1.807, 2.05) is 44.3 Å². The number of oxime groups is 1. The topological polar surface area (TPSA) is 127 Å². The molecule has 41 heavy (non-hydrogen) atoms. The van der Waals surface area contributed by atoms with Gasteiger partial charge in [-0.05, 0) is 55.8 Å². The van der Waals surface area contributed by atoms with Crippen molar-refractivity contribution in [3.8, 4) is 11.8 Å². The van der Waals surface area contributed by atoms with Gasteiger partial charge in [-0.2, -0.15) is 0 Å². The van der Waals surface area contributed by atoms with E-state index in [1.54, 1.807) is 30.4 Å². The molecule has 3 heterocycles. The molecule has 11 nitrogen and oxygen atoms in total. The predicted octanol–water partition coefficient (Wildman–Crippen LogP) is 1.90. The fourth-order valence-corrected chi connectivity index (χ4v) is 4.49. The maximum atomic E-state index is 11.8. The number of hydrogen-bond donors (Lipinski definition) is 3. The number of amidine groups is 1. The Kier molecular flexibility index (Phi) is 11.5. The summed E-state index contributed by atoms with van der Waals surface area (Å²) in [5, 5.41) is 17.5. The van der Waals surface area contributed by atoms with Crippen LogP contribution in [0, 0.1) is 11.8 Å². The van der Waals surface area contributed by atoms with E-state index in [2.05, 4.69) is 44.4 Å². The van der Waals surface area contributed by atoms with Gasteiger partial charge in [0.25, 0.3) is 11.8 Å². The number of piperazine rings is 1. The molecule has 4 amide bonds. The molecular weight excluding hydrogens is 524 g/mol. The second kappa shape index (κ2) is 15.3. The van der Waals surface area contributed by atoms with Crippen LogP contribution in [0.1, 0.15) is 31.4 Å². The van der Waals surface area contributed by atoms with Crippen LogP contribution in [0.3, 0.4) is 0 Å². The fraction of sp³-hybridized carbons (Fsp3) is 0.400. The van der Waals surface area contributed by atoms with Gasteiger partial charge in [0.1, 0.15) is 0 Å². The number of carbonyl (C=O) groups excluding carboxylic acids is 3. The lowest BCUT2D eigenvalue weighted by atomic mass is 9.99. The summed E-state index contributed by atoms with van der Waals surface area (Å²) in [6.45, 7) is 9.33. The van der Waals surface area contributed by atoms with E-state index in [9.17, 15) is 19.6 Å². The molecule has 1 atom stereocenters. The first-order chi connectivity index (χ1) is 19.8. The smallest absolute Gasteiger partial charge is 0.322 e. The van der Waals surface area contributed by atoms with Crippen LogP contribution in [-0.4, -0.2) is 103 Å². The molecule has 2 saturated heterocycles. The molecular formula is C30H38N6O5. The molecule has 3 aliphatic rings. The number of hydrogen-bond acceptors (Lipinski definition) is 7. The van der Waals surface area contributed by atoms with Gasteiger partial charge in [-0.25, -0.2) is 4.79 Å². The third kappa shape index (κ3) is 8.46. The van der Waals surface area contributed by atoms with Crippen molar-refractivity contribution >= 4 is 23.7 Å². The minimum atomic E-state index is -0.827. The average Bonchev–Trinajstić information content (AvgIpc) is 3.32. The van der Waals surface area contributed by atoms with Gasteiger partial charge in [0, 0.05) is 56.5 Å². The Morgan fingerprint density at radius 2 is 1.83 bits per heavy atom. The number of imide groups is 1. The molecule has 0 radical (unpaired) electrons. The first-order valence-corrected chi connectivity index (χ1v) is 13.5. The van der Waals surface area contributed by atoms with Crippen LogP contribution in [0.4, 0.5) is 4.79 Å². The van der Waals surface area contributed by atoms with Gasteiger partial charge in [0.05, 0.1) is 13.4 Å². The molecule has 0 aromatic heterocycles. The summed E-state index contributed by atoms with van der Waals surface area (Å²) in [6.07, 6.45) is 8.08. The molecule has 218 valence electrons. The Morgan fingerprint density at radius 1 is 1.12 bits per heavy atom. The minimum Gasteiger partial charge on any atom is -0.504 e. The largest absolute Gasteiger partial charge is 0.504 e. The molecule has 1 unspecified atom stereocenters. The summed E-state index contributed by atoms with van der Waals surface area (Å²) in [6, 6.07) is 5.90. The van der Waals surface area contributed by atoms with Gasteiger partial charge < -0.3 is 30.0 Å². The van der Waals surface area contributed by atoms with Crippen LogP contribution >= 0.6 is 0 Å². The molecule has 0 aliphatic carbocycles. The van der Waals surface area contributed by atoms with Crippen molar-refractivity contribution < 1.29 is 24.3 Å². The van der Waals surface area contributed by atoms with Crippen molar-refractivity contribution in [1.82, 2.24) is 25.3 Å². The lowest BCUT2D eigenvalue weighted by molar-refractivity contribution is -0.126. The predicted molar refractivity (Wildman–Crippen MR) is 156 cm³/mol. The Bertz CT molecular complexity index is 1280. The van der Waals surface area contributed by atoms with Crippen molar-refractivity contribution in [3.63, 3.8) is 0 Å². The summed E-state index contributed by atoms with van der Waals surface area (Å²) in [7, 11) is 3.42. The third-order valence-electron chi connectivity index (χ3n) is 6.87. The molecule has 2 fully saturated rings. The molecule has 3 aliphatic heterocycles. The number of amides is 4. The number of nitrogens with one attached hydrogen (secondary N) is 2. The van der Waals surface area contributed by atoms with Gasteiger partial charge in [0.2, 0.25) is 0 Å². The highest BCUT2D eigenvalue weighted by Crippen LogP contribution is 2.20. The highest BCUT2D eigenvalue weighted by atomic mass is 16.5. The second-order valence-corrected chi connectivity index (χ2v) is 9.54. The average molecular weight is 563 g/mol. The Morgan fingerprint density at radius 3 is 2.39 bits per heavy atom. The van der Waals surface area contributed by atoms with Crippen molar-refractivity contribution in [1.29, 1.82) is 0 Å². The number of likely N-dealkylation sites (N-methyl/N-ethyl adjacent to an activating group) is 2. The molecule has 1 aromatic carbocycles. The van der Waals surface area contributed by atoms with E-state index in [-0.39, 0.29) is 5.91 Å². The van der Waals surface area contributed by atoms with Gasteiger partial charge in [-0.3, -0.25) is 14.9 Å². The van der Waals surface area contributed by atoms with Crippen LogP contribution in [0.25, 0.3) is 0 Å². The summed E-state index contributed by atoms with van der Waals surface area (Å²) in [5.74, 6) is 5.77. The lowest BCUT2D eigenvalue weighted by Gasteiger charge is -2.35. The van der Waals surface area contributed by atoms with Crippen molar-refractivity contribution in [2.75, 3.05) is 53.4 Å². The molecule has 0 bridgehead atoms. The van der Waals surface area contributed by atoms with Crippen molar-refractivity contribution in [3.05, 3.63) is 71.0 Å². The van der Waals surface area contributed by atoms with E-state index in [0.29, 0.717) is 11.4 Å². The van der Waals surface area contributed by atoms with E-state index >= 15 is 0 Å². The summed E-state index contributed by atoms with van der Waals surface area (Å²) in [5.41, 5.74) is 3.31. The maximum Gasteiger partial charge on any atom is 0.322 e. The lowest BCUT2D eigenvalue weighted by Crippen LogP contribution is -2.48. The molecule has 0 spiro atoms. The van der Waals surface area contributed by atoms with Crippen LogP contribution in [0.5, 0.6) is 0 Å². The number of nitrogens with zero attached hydrogens (tertiary/aromatic N) is 4. The number of rotatable bonds is 5. The monoisotopic (exact) mass is 562 g/mol. The van der Waals surface area contributed by atoms with Gasteiger partial charge in [-0.15, -0.1) is 0 Å². The SMILES string of the molecule is C/C=C\C1=C(/C=C/OC)CCN(C)C1=O.CCN1CCN(/C(=N\O)c2ccc(C#CC3NC(=O)NC3=O)cc2)CC1. The molecule has 1 aromatic rings. The minimum absolute atomic E-state index is 0.0788. The highest BCUT2D eigenvalue weighted by molar-refractivity contribution is 6.06. The fourth-order valence-electron chi connectivity index (χ4n) is 4.49. The quantitative estimate of drug-likeness (QED) is 0.0952. The standard InChI is InChI=1S/C18H21N5O3.C12H17NO2/c1-2-22-9-11-23(12-10-22)16(21-26)14-6-3-13(4-7-14)5-8-15-17(24)20-18(25)19-15;1-4-5-11-10(7-9-15-3)6-8-13(2)12(11)14/h3-4,6-7,15,26H,2,9-12H2,1H3,(H2,19,20,24,25);4-5,7,9H,6,8H2,1-3H3/b21-16-;5-4-,9-7+. The Balaban J connectivity index is 0.000000263. The molecule has 4 rings (SSSR count). The van der Waals surface area contributed by atoms with Gasteiger partial charge in [0.15, 0.2) is 11.9 Å². The van der Waals surface area contributed by atoms with Gasteiger partial charge >= 0.3 is 6.03 Å². The van der Waals surface area contributed by atoms with Crippen LogP contribution in [-0.2, 0) is 14.3 Å². The third-order valence-corrected chi connectivity index (χ3v) is 6.87. The Labute approximate surface area is 241 Å². The van der Waals surface area contributed by atoms with Crippen LogP contribution in [0.2, 0.25) is 0 Å². The zero-order valence-corrected chi connectivity index (χ0v) is 24.0. The Hall–Kier alpha value is -4.56. The van der Waals surface area contributed by atoms with E-state index < -0.39 is 18.0 Å². The van der Waals surface area contributed by atoms with Crippen molar-refractivity contribution in [2.45, 2.75) is 26.3 Å². The van der Waals surface area contributed by atoms with E-state index in [4.69, 9.17) is 4.74 Å². The zero-order chi connectivity index (χ0) is 29.8.